The Morgan fingerprint density at radius 2 is 2.07 bits per heavy atom. The van der Waals surface area contributed by atoms with Crippen molar-refractivity contribution in [3.05, 3.63) is 21.0 Å². The van der Waals surface area contributed by atoms with Crippen LogP contribution < -0.4 is 4.74 Å². The average molecular weight is 335 g/mol. The second-order valence-electron chi connectivity index (χ2n) is 2.69. The van der Waals surface area contributed by atoms with Gasteiger partial charge in [0, 0.05) is 17.3 Å². The predicted molar refractivity (Wildman–Crippen MR) is 53.2 cm³/mol. The SMILES string of the molecule is Cc1nc(I)cc(OC(F)(F)F)c1CF. The summed E-state index contributed by atoms with van der Waals surface area (Å²) in [5, 5.41) is 0. The van der Waals surface area contributed by atoms with Gasteiger partial charge in [0.2, 0.25) is 0 Å². The fourth-order valence-electron chi connectivity index (χ4n) is 1.01. The number of alkyl halides is 4. The Balaban J connectivity index is 3.15. The first-order valence-electron chi connectivity index (χ1n) is 3.81. The Morgan fingerprint density at radius 1 is 1.47 bits per heavy atom. The van der Waals surface area contributed by atoms with E-state index in [1.165, 1.54) is 6.92 Å². The van der Waals surface area contributed by atoms with Crippen molar-refractivity contribution in [1.82, 2.24) is 4.98 Å². The lowest BCUT2D eigenvalue weighted by molar-refractivity contribution is -0.275. The van der Waals surface area contributed by atoms with Crippen LogP contribution in [-0.4, -0.2) is 11.3 Å². The minimum absolute atomic E-state index is 0.173. The summed E-state index contributed by atoms with van der Waals surface area (Å²) in [6, 6.07) is 1.05. The van der Waals surface area contributed by atoms with Gasteiger partial charge in [0.05, 0.1) is 0 Å². The molecule has 0 aliphatic rings. The molecule has 0 spiro atoms. The third kappa shape index (κ3) is 3.47. The van der Waals surface area contributed by atoms with E-state index in [4.69, 9.17) is 0 Å². The molecule has 1 heterocycles. The van der Waals surface area contributed by atoms with E-state index in [0.29, 0.717) is 3.70 Å². The summed E-state index contributed by atoms with van der Waals surface area (Å²) in [7, 11) is 0. The molecule has 0 bridgehead atoms. The maximum absolute atomic E-state index is 12.5. The van der Waals surface area contributed by atoms with Crippen molar-refractivity contribution in [3.63, 3.8) is 0 Å². The van der Waals surface area contributed by atoms with Crippen LogP contribution in [0.25, 0.3) is 0 Å². The third-order valence-electron chi connectivity index (χ3n) is 1.62. The molecule has 0 aromatic carbocycles. The van der Waals surface area contributed by atoms with Crippen molar-refractivity contribution in [2.75, 3.05) is 0 Å². The van der Waals surface area contributed by atoms with Crippen LogP contribution >= 0.6 is 22.6 Å². The first-order chi connectivity index (χ1) is 6.83. The van der Waals surface area contributed by atoms with Crippen LogP contribution in [0.2, 0.25) is 0 Å². The van der Waals surface area contributed by atoms with E-state index in [1.54, 1.807) is 22.6 Å². The first kappa shape index (κ1) is 12.5. The zero-order valence-corrected chi connectivity index (χ0v) is 9.69. The molecule has 84 valence electrons. The number of aryl methyl sites for hydroxylation is 1. The highest BCUT2D eigenvalue weighted by atomic mass is 127. The van der Waals surface area contributed by atoms with E-state index < -0.39 is 18.8 Å². The van der Waals surface area contributed by atoms with Crippen molar-refractivity contribution >= 4 is 22.6 Å². The summed E-state index contributed by atoms with van der Waals surface area (Å²) in [6.07, 6.45) is -4.82. The smallest absolute Gasteiger partial charge is 0.405 e. The largest absolute Gasteiger partial charge is 0.573 e. The second-order valence-corrected chi connectivity index (χ2v) is 3.79. The lowest BCUT2D eigenvalue weighted by Crippen LogP contribution is -2.18. The van der Waals surface area contributed by atoms with Crippen LogP contribution in [-0.2, 0) is 6.67 Å². The van der Waals surface area contributed by atoms with E-state index in [2.05, 4.69) is 9.72 Å². The predicted octanol–water partition coefficient (Wildman–Crippen LogP) is 3.36. The third-order valence-corrected chi connectivity index (χ3v) is 2.17. The Kier molecular flexibility index (Phi) is 3.74. The lowest BCUT2D eigenvalue weighted by Gasteiger charge is -2.13. The van der Waals surface area contributed by atoms with Crippen molar-refractivity contribution in [3.8, 4) is 5.75 Å². The van der Waals surface area contributed by atoms with Gasteiger partial charge in [-0.3, -0.25) is 0 Å². The van der Waals surface area contributed by atoms with E-state index >= 15 is 0 Å². The summed E-state index contributed by atoms with van der Waals surface area (Å²) in [6.45, 7) is 0.390. The molecular formula is C8H6F4INO. The molecular weight excluding hydrogens is 329 g/mol. The molecule has 0 aliphatic heterocycles. The normalized spacial score (nSPS) is 11.6. The highest BCUT2D eigenvalue weighted by molar-refractivity contribution is 14.1. The van der Waals surface area contributed by atoms with Crippen LogP contribution in [0.15, 0.2) is 6.07 Å². The molecule has 0 N–H and O–H groups in total. The van der Waals surface area contributed by atoms with Crippen molar-refractivity contribution in [2.24, 2.45) is 0 Å². The molecule has 0 unspecified atom stereocenters. The van der Waals surface area contributed by atoms with Crippen molar-refractivity contribution in [1.29, 1.82) is 0 Å². The Labute approximate surface area is 96.8 Å². The molecule has 2 nitrogen and oxygen atoms in total. The molecule has 1 aromatic rings. The molecule has 0 fully saturated rings. The highest BCUT2D eigenvalue weighted by Gasteiger charge is 2.32. The number of hydrogen-bond acceptors (Lipinski definition) is 2. The molecule has 1 aromatic heterocycles. The van der Waals surface area contributed by atoms with Gasteiger partial charge in [0.15, 0.2) is 0 Å². The van der Waals surface area contributed by atoms with Crippen molar-refractivity contribution in [2.45, 2.75) is 20.0 Å². The number of halogens is 5. The van der Waals surface area contributed by atoms with E-state index in [9.17, 15) is 17.6 Å². The molecule has 0 radical (unpaired) electrons. The van der Waals surface area contributed by atoms with Gasteiger partial charge in [-0.1, -0.05) is 0 Å². The van der Waals surface area contributed by atoms with Gasteiger partial charge in [-0.25, -0.2) is 9.37 Å². The summed E-state index contributed by atoms with van der Waals surface area (Å²) >= 11 is 1.73. The molecule has 7 heteroatoms. The zero-order valence-electron chi connectivity index (χ0n) is 7.53. The minimum Gasteiger partial charge on any atom is -0.405 e. The maximum Gasteiger partial charge on any atom is 0.573 e. The summed E-state index contributed by atoms with van der Waals surface area (Å²) in [5.41, 5.74) is 0.0244. The topological polar surface area (TPSA) is 22.1 Å². The van der Waals surface area contributed by atoms with Gasteiger partial charge in [0.25, 0.3) is 0 Å². The monoisotopic (exact) mass is 335 g/mol. The molecule has 15 heavy (non-hydrogen) atoms. The van der Waals surface area contributed by atoms with Gasteiger partial charge in [-0.15, -0.1) is 13.2 Å². The molecule has 0 saturated carbocycles. The van der Waals surface area contributed by atoms with E-state index in [-0.39, 0.29) is 11.3 Å². The fourth-order valence-corrected chi connectivity index (χ4v) is 1.66. The number of aromatic nitrogens is 1. The van der Waals surface area contributed by atoms with Gasteiger partial charge in [-0.2, -0.15) is 0 Å². The number of nitrogens with zero attached hydrogens (tertiary/aromatic N) is 1. The number of ether oxygens (including phenoxy) is 1. The molecule has 0 aliphatic carbocycles. The number of rotatable bonds is 2. The van der Waals surface area contributed by atoms with Crippen LogP contribution in [0, 0.1) is 10.6 Å². The number of pyridine rings is 1. The standard InChI is InChI=1S/C8H6F4INO/c1-4-5(3-9)6(2-7(13)14-4)15-8(10,11)12/h2H,3H2,1H3. The summed E-state index contributed by atoms with van der Waals surface area (Å²) in [5.74, 6) is -0.526. The van der Waals surface area contributed by atoms with Crippen LogP contribution in [0.5, 0.6) is 5.75 Å². The van der Waals surface area contributed by atoms with Gasteiger partial charge < -0.3 is 4.74 Å². The highest BCUT2D eigenvalue weighted by Crippen LogP contribution is 2.29. The quantitative estimate of drug-likeness (QED) is 0.470. The van der Waals surface area contributed by atoms with Crippen LogP contribution in [0.4, 0.5) is 17.6 Å². The fraction of sp³-hybridized carbons (Fsp3) is 0.375. The first-order valence-corrected chi connectivity index (χ1v) is 4.89. The minimum atomic E-state index is -4.82. The van der Waals surface area contributed by atoms with Crippen LogP contribution in [0.1, 0.15) is 11.3 Å². The Bertz CT molecular complexity index is 366. The zero-order chi connectivity index (χ0) is 11.6. The van der Waals surface area contributed by atoms with Gasteiger partial charge in [0.1, 0.15) is 16.1 Å². The number of hydrogen-bond donors (Lipinski definition) is 0. The Hall–Kier alpha value is -0.600. The molecule has 0 atom stereocenters. The van der Waals surface area contributed by atoms with Gasteiger partial charge in [-0.05, 0) is 29.5 Å². The summed E-state index contributed by atoms with van der Waals surface area (Å²) < 4.78 is 52.3. The van der Waals surface area contributed by atoms with Gasteiger partial charge >= 0.3 is 6.36 Å². The van der Waals surface area contributed by atoms with E-state index in [0.717, 1.165) is 6.07 Å². The average Bonchev–Trinajstić information content (AvgIpc) is 1.99. The lowest BCUT2D eigenvalue weighted by atomic mass is 10.2. The second kappa shape index (κ2) is 4.50. The molecule has 0 amide bonds. The Morgan fingerprint density at radius 3 is 2.53 bits per heavy atom. The molecule has 1 rings (SSSR count). The molecule has 0 saturated heterocycles. The maximum atomic E-state index is 12.5. The van der Waals surface area contributed by atoms with E-state index in [1.807, 2.05) is 0 Å². The van der Waals surface area contributed by atoms with Crippen molar-refractivity contribution < 1.29 is 22.3 Å². The van der Waals surface area contributed by atoms with Crippen LogP contribution in [0.3, 0.4) is 0 Å². The summed E-state index contributed by atoms with van der Waals surface area (Å²) in [4.78, 5) is 3.83.